The van der Waals surface area contributed by atoms with Crippen molar-refractivity contribution in [2.24, 2.45) is 5.16 Å². The lowest BCUT2D eigenvalue weighted by molar-refractivity contribution is -0.385. The quantitative estimate of drug-likeness (QED) is 0.118. The zero-order chi connectivity index (χ0) is 28.8. The molecule has 3 aromatic carbocycles. The van der Waals surface area contributed by atoms with Gasteiger partial charge in [0, 0.05) is 23.2 Å². The third-order valence-corrected chi connectivity index (χ3v) is 5.98. The zero-order valence-electron chi connectivity index (χ0n) is 22.3. The van der Waals surface area contributed by atoms with Crippen molar-refractivity contribution in [1.82, 2.24) is 4.98 Å². The Bertz CT molecular complexity index is 1620. The van der Waals surface area contributed by atoms with E-state index in [1.165, 1.54) is 47.7 Å². The van der Waals surface area contributed by atoms with E-state index in [0.29, 0.717) is 39.6 Å². The Hall–Kier alpha value is -5.39. The number of hydrogen-bond acceptors (Lipinski definition) is 11. The molecule has 12 heteroatoms. The first-order chi connectivity index (χ1) is 19.3. The first-order valence-electron chi connectivity index (χ1n) is 11.7. The van der Waals surface area contributed by atoms with E-state index < -0.39 is 16.6 Å². The second-order valence-electron chi connectivity index (χ2n) is 8.12. The zero-order valence-corrected chi connectivity index (χ0v) is 22.3. The molecule has 12 nitrogen and oxygen atoms in total. The van der Waals surface area contributed by atoms with Crippen LogP contribution in [0.1, 0.15) is 21.6 Å². The third-order valence-electron chi connectivity index (χ3n) is 5.98. The number of pyridine rings is 1. The summed E-state index contributed by atoms with van der Waals surface area (Å²) in [5.74, 6) is 0.932. The maximum atomic E-state index is 13.0. The molecule has 0 radical (unpaired) electrons. The average Bonchev–Trinajstić information content (AvgIpc) is 2.99. The first kappa shape index (κ1) is 27.6. The summed E-state index contributed by atoms with van der Waals surface area (Å²) in [7, 11) is 7.34. The lowest BCUT2D eigenvalue weighted by atomic mass is 10.0. The van der Waals surface area contributed by atoms with E-state index in [1.807, 2.05) is 0 Å². The van der Waals surface area contributed by atoms with Crippen LogP contribution in [0.15, 0.2) is 65.9 Å². The fourth-order valence-corrected chi connectivity index (χ4v) is 4.00. The number of rotatable bonds is 10. The van der Waals surface area contributed by atoms with Crippen molar-refractivity contribution in [1.29, 1.82) is 0 Å². The summed E-state index contributed by atoms with van der Waals surface area (Å²) in [5.41, 5.74) is 0.535. The Kier molecular flexibility index (Phi) is 8.28. The molecule has 0 fully saturated rings. The van der Waals surface area contributed by atoms with Crippen LogP contribution in [0.4, 0.5) is 5.69 Å². The van der Waals surface area contributed by atoms with Crippen LogP contribution in [0.3, 0.4) is 0 Å². The number of benzene rings is 3. The number of oxime groups is 1. The van der Waals surface area contributed by atoms with Crippen LogP contribution in [-0.2, 0) is 4.84 Å². The number of fused-ring (bicyclic) bond motifs is 1. The molecule has 0 N–H and O–H groups in total. The van der Waals surface area contributed by atoms with Crippen LogP contribution in [0.25, 0.3) is 10.8 Å². The van der Waals surface area contributed by atoms with Crippen molar-refractivity contribution >= 4 is 28.1 Å². The second-order valence-corrected chi connectivity index (χ2v) is 8.12. The SMILES string of the molecule is COc1ccc(C(=NOC(=O)c2ccc(OC)c([N+](=O)[O-])c2)c2nccc3cc(OC)c(OC)cc23)cc1OC. The fourth-order valence-electron chi connectivity index (χ4n) is 4.00. The van der Waals surface area contributed by atoms with Gasteiger partial charge in [-0.05, 0) is 53.9 Å². The molecule has 1 aromatic heterocycles. The summed E-state index contributed by atoms with van der Waals surface area (Å²) in [6.07, 6.45) is 1.58. The molecule has 0 aliphatic carbocycles. The summed E-state index contributed by atoms with van der Waals surface area (Å²) in [5, 5.41) is 17.0. The number of ether oxygens (including phenoxy) is 5. The van der Waals surface area contributed by atoms with Gasteiger partial charge in [-0.25, -0.2) is 4.79 Å². The summed E-state index contributed by atoms with van der Waals surface area (Å²) in [6.45, 7) is 0. The van der Waals surface area contributed by atoms with E-state index >= 15 is 0 Å². The number of carbonyl (C=O) groups is 1. The van der Waals surface area contributed by atoms with Gasteiger partial charge in [-0.1, -0.05) is 5.16 Å². The van der Waals surface area contributed by atoms with Crippen molar-refractivity contribution in [3.63, 3.8) is 0 Å². The van der Waals surface area contributed by atoms with Crippen LogP contribution < -0.4 is 23.7 Å². The molecule has 0 spiro atoms. The van der Waals surface area contributed by atoms with Crippen molar-refractivity contribution in [3.05, 3.63) is 87.7 Å². The highest BCUT2D eigenvalue weighted by molar-refractivity contribution is 6.18. The van der Waals surface area contributed by atoms with Crippen molar-refractivity contribution in [3.8, 4) is 28.7 Å². The Morgan fingerprint density at radius 1 is 0.750 bits per heavy atom. The fraction of sp³-hybridized carbons (Fsp3) is 0.179. The molecule has 0 atom stereocenters. The summed E-state index contributed by atoms with van der Waals surface area (Å²) >= 11 is 0. The van der Waals surface area contributed by atoms with Crippen molar-refractivity contribution in [2.75, 3.05) is 35.5 Å². The molecule has 0 amide bonds. The number of nitro benzene ring substituents is 1. The van der Waals surface area contributed by atoms with Gasteiger partial charge in [-0.3, -0.25) is 15.1 Å². The molecule has 4 aromatic rings. The Labute approximate surface area is 228 Å². The molecule has 0 saturated carbocycles. The number of nitrogens with zero attached hydrogens (tertiary/aromatic N) is 3. The predicted octanol–water partition coefficient (Wildman–Crippen LogP) is 4.80. The van der Waals surface area contributed by atoms with Crippen LogP contribution in [0.2, 0.25) is 0 Å². The molecule has 0 saturated heterocycles. The molecule has 1 heterocycles. The van der Waals surface area contributed by atoms with E-state index in [-0.39, 0.29) is 17.0 Å². The average molecular weight is 548 g/mol. The van der Waals surface area contributed by atoms with E-state index in [0.717, 1.165) is 11.5 Å². The molecular weight excluding hydrogens is 522 g/mol. The first-order valence-corrected chi connectivity index (χ1v) is 11.7. The highest BCUT2D eigenvalue weighted by Crippen LogP contribution is 2.35. The van der Waals surface area contributed by atoms with Gasteiger partial charge >= 0.3 is 11.7 Å². The van der Waals surface area contributed by atoms with Gasteiger partial charge in [-0.15, -0.1) is 0 Å². The largest absolute Gasteiger partial charge is 0.493 e. The molecular formula is C28H25N3O9. The third kappa shape index (κ3) is 5.41. The normalized spacial score (nSPS) is 11.1. The molecule has 206 valence electrons. The van der Waals surface area contributed by atoms with Gasteiger partial charge in [0.1, 0.15) is 11.4 Å². The van der Waals surface area contributed by atoms with E-state index in [4.69, 9.17) is 28.5 Å². The van der Waals surface area contributed by atoms with Crippen molar-refractivity contribution < 1.29 is 38.2 Å². The topological polar surface area (TPSA) is 141 Å². The Morgan fingerprint density at radius 3 is 2.00 bits per heavy atom. The molecule has 0 unspecified atom stereocenters. The summed E-state index contributed by atoms with van der Waals surface area (Å²) in [6, 6.07) is 14.0. The van der Waals surface area contributed by atoms with Crippen LogP contribution in [-0.4, -0.2) is 57.1 Å². The minimum Gasteiger partial charge on any atom is -0.493 e. The summed E-state index contributed by atoms with van der Waals surface area (Å²) < 4.78 is 26.7. The monoisotopic (exact) mass is 547 g/mol. The van der Waals surface area contributed by atoms with Gasteiger partial charge in [0.2, 0.25) is 0 Å². The highest BCUT2D eigenvalue weighted by atomic mass is 16.7. The van der Waals surface area contributed by atoms with Crippen LogP contribution in [0, 0.1) is 10.1 Å². The number of hydrogen-bond donors (Lipinski definition) is 0. The lowest BCUT2D eigenvalue weighted by Crippen LogP contribution is -2.11. The number of aromatic nitrogens is 1. The Balaban J connectivity index is 1.87. The smallest absolute Gasteiger partial charge is 0.366 e. The minimum absolute atomic E-state index is 0.000369. The molecule has 0 bridgehead atoms. The maximum absolute atomic E-state index is 13.0. The Morgan fingerprint density at radius 2 is 1.35 bits per heavy atom. The predicted molar refractivity (Wildman–Crippen MR) is 145 cm³/mol. The van der Waals surface area contributed by atoms with Gasteiger partial charge in [0.25, 0.3) is 0 Å². The van der Waals surface area contributed by atoms with Crippen molar-refractivity contribution in [2.45, 2.75) is 0 Å². The molecule has 40 heavy (non-hydrogen) atoms. The molecule has 4 rings (SSSR count). The molecule has 0 aliphatic heterocycles. The number of methoxy groups -OCH3 is 5. The van der Waals surface area contributed by atoms with Crippen LogP contribution in [0.5, 0.6) is 28.7 Å². The second kappa shape index (κ2) is 12.0. The maximum Gasteiger partial charge on any atom is 0.366 e. The number of nitro groups is 1. The van der Waals surface area contributed by atoms with Gasteiger partial charge in [-0.2, -0.15) is 0 Å². The molecule has 0 aliphatic rings. The lowest BCUT2D eigenvalue weighted by Gasteiger charge is -2.14. The van der Waals surface area contributed by atoms with Gasteiger partial charge in [0.05, 0.1) is 46.0 Å². The van der Waals surface area contributed by atoms with E-state index in [2.05, 4.69) is 10.1 Å². The highest BCUT2D eigenvalue weighted by Gasteiger charge is 2.22. The van der Waals surface area contributed by atoms with Gasteiger partial charge in [0.15, 0.2) is 28.7 Å². The van der Waals surface area contributed by atoms with Gasteiger partial charge < -0.3 is 28.5 Å². The van der Waals surface area contributed by atoms with E-state index in [9.17, 15) is 14.9 Å². The number of carbonyl (C=O) groups excluding carboxylic acids is 1. The summed E-state index contributed by atoms with van der Waals surface area (Å²) in [4.78, 5) is 33.6. The van der Waals surface area contributed by atoms with Crippen LogP contribution >= 0.6 is 0 Å². The van der Waals surface area contributed by atoms with E-state index in [1.54, 1.807) is 42.6 Å². The minimum atomic E-state index is -0.928. The standard InChI is InChI=1S/C28H25N3O9/c1-35-21-8-7-18(12-20(21)31(33)34)28(32)40-30-26(17-6-9-22(36-2)23(14-17)37-3)27-19-15-25(39-5)24(38-4)13-16(19)10-11-29-27/h6-15H,1-5H3.